The van der Waals surface area contributed by atoms with Crippen molar-refractivity contribution in [3.8, 4) is 0 Å². The van der Waals surface area contributed by atoms with Gasteiger partial charge >= 0.3 is 6.18 Å². The fourth-order valence-corrected chi connectivity index (χ4v) is 2.40. The molecule has 0 bridgehead atoms. The third-order valence-electron chi connectivity index (χ3n) is 3.34. The van der Waals surface area contributed by atoms with Crippen molar-refractivity contribution in [3.63, 3.8) is 0 Å². The van der Waals surface area contributed by atoms with Crippen molar-refractivity contribution < 1.29 is 13.2 Å². The summed E-state index contributed by atoms with van der Waals surface area (Å²) in [5, 5.41) is 1.02. The zero-order valence-corrected chi connectivity index (χ0v) is 10.6. The number of para-hydroxylation sites is 1. The van der Waals surface area contributed by atoms with E-state index in [-0.39, 0.29) is 12.1 Å². The molecule has 1 nitrogen and oxygen atoms in total. The van der Waals surface area contributed by atoms with Crippen molar-refractivity contribution in [2.24, 2.45) is 0 Å². The molecule has 0 atom stereocenters. The molecule has 0 saturated heterocycles. The summed E-state index contributed by atoms with van der Waals surface area (Å²) in [6.07, 6.45) is -2.50. The van der Waals surface area contributed by atoms with Gasteiger partial charge in [0.15, 0.2) is 0 Å². The first kappa shape index (κ1) is 12.8. The summed E-state index contributed by atoms with van der Waals surface area (Å²) in [5.74, 6) is 0. The summed E-state index contributed by atoms with van der Waals surface area (Å²) in [7, 11) is 0. The van der Waals surface area contributed by atoms with E-state index < -0.39 is 11.7 Å². The van der Waals surface area contributed by atoms with E-state index >= 15 is 0 Å². The number of benzene rings is 2. The number of hydrogen-bond donors (Lipinski definition) is 0. The fraction of sp³-hybridized carbons (Fsp3) is 0.125. The second kappa shape index (κ2) is 4.71. The number of fused-ring (bicyclic) bond motifs is 1. The lowest BCUT2D eigenvalue weighted by atomic mass is 10.1. The lowest BCUT2D eigenvalue weighted by Crippen LogP contribution is -2.11. The molecule has 0 spiro atoms. The van der Waals surface area contributed by atoms with Gasteiger partial charge in [0.2, 0.25) is 0 Å². The van der Waals surface area contributed by atoms with Gasteiger partial charge in [-0.05, 0) is 29.1 Å². The van der Waals surface area contributed by atoms with Gasteiger partial charge < -0.3 is 4.57 Å². The van der Waals surface area contributed by atoms with Crippen LogP contribution >= 0.6 is 0 Å². The maximum absolute atomic E-state index is 13.0. The Labute approximate surface area is 114 Å². The van der Waals surface area contributed by atoms with Crippen LogP contribution in [-0.4, -0.2) is 4.57 Å². The Morgan fingerprint density at radius 1 is 0.850 bits per heavy atom. The molecule has 2 aromatic carbocycles. The molecule has 102 valence electrons. The van der Waals surface area contributed by atoms with Crippen LogP contribution in [0.5, 0.6) is 0 Å². The standard InChI is InChI=1S/C16H12F3N/c17-16(18,19)14-7-3-1-6-13(14)11-20-10-9-12-5-2-4-8-15(12)20/h1-10H,11H2. The van der Waals surface area contributed by atoms with Crippen molar-refractivity contribution in [1.82, 2.24) is 4.57 Å². The number of alkyl halides is 3. The first-order valence-electron chi connectivity index (χ1n) is 6.25. The highest BCUT2D eigenvalue weighted by molar-refractivity contribution is 5.80. The normalized spacial score (nSPS) is 11.9. The molecule has 0 aliphatic rings. The summed E-state index contributed by atoms with van der Waals surface area (Å²) in [6, 6.07) is 15.3. The molecule has 0 unspecified atom stereocenters. The fourth-order valence-electron chi connectivity index (χ4n) is 2.40. The molecule has 0 aliphatic carbocycles. The summed E-state index contributed by atoms with van der Waals surface area (Å²) in [4.78, 5) is 0. The van der Waals surface area contributed by atoms with E-state index in [1.807, 2.05) is 41.1 Å². The zero-order chi connectivity index (χ0) is 14.2. The Balaban J connectivity index is 2.04. The van der Waals surface area contributed by atoms with Gasteiger partial charge in [0.05, 0.1) is 5.56 Å². The SMILES string of the molecule is FC(F)(F)c1ccccc1Cn1ccc2ccccc21. The average molecular weight is 275 g/mol. The van der Waals surface area contributed by atoms with Crippen molar-refractivity contribution >= 4 is 10.9 Å². The second-order valence-corrected chi connectivity index (χ2v) is 4.66. The zero-order valence-electron chi connectivity index (χ0n) is 10.6. The first-order valence-corrected chi connectivity index (χ1v) is 6.25. The van der Waals surface area contributed by atoms with Crippen molar-refractivity contribution in [2.45, 2.75) is 12.7 Å². The van der Waals surface area contributed by atoms with Gasteiger partial charge in [-0.3, -0.25) is 0 Å². The third-order valence-corrected chi connectivity index (χ3v) is 3.34. The number of rotatable bonds is 2. The van der Waals surface area contributed by atoms with Crippen LogP contribution in [0.2, 0.25) is 0 Å². The van der Waals surface area contributed by atoms with E-state index in [0.29, 0.717) is 0 Å². The largest absolute Gasteiger partial charge is 0.416 e. The number of aromatic nitrogens is 1. The lowest BCUT2D eigenvalue weighted by Gasteiger charge is -2.13. The highest BCUT2D eigenvalue weighted by Gasteiger charge is 2.32. The minimum atomic E-state index is -4.32. The molecule has 0 radical (unpaired) electrons. The highest BCUT2D eigenvalue weighted by Crippen LogP contribution is 2.32. The van der Waals surface area contributed by atoms with E-state index in [1.54, 1.807) is 6.07 Å². The molecule has 20 heavy (non-hydrogen) atoms. The first-order chi connectivity index (χ1) is 9.55. The van der Waals surface area contributed by atoms with E-state index in [4.69, 9.17) is 0 Å². The predicted molar refractivity (Wildman–Crippen MR) is 72.5 cm³/mol. The van der Waals surface area contributed by atoms with Crippen LogP contribution in [0.3, 0.4) is 0 Å². The molecule has 3 rings (SSSR count). The quantitative estimate of drug-likeness (QED) is 0.638. The van der Waals surface area contributed by atoms with Gasteiger partial charge in [0.1, 0.15) is 0 Å². The van der Waals surface area contributed by atoms with Crippen LogP contribution in [0, 0.1) is 0 Å². The van der Waals surface area contributed by atoms with Gasteiger partial charge in [-0.25, -0.2) is 0 Å². The third kappa shape index (κ3) is 2.29. The summed E-state index contributed by atoms with van der Waals surface area (Å²) >= 11 is 0. The smallest absolute Gasteiger partial charge is 0.343 e. The van der Waals surface area contributed by atoms with Crippen molar-refractivity contribution in [2.75, 3.05) is 0 Å². The number of halogens is 3. The molecule has 0 fully saturated rings. The van der Waals surface area contributed by atoms with Crippen molar-refractivity contribution in [1.29, 1.82) is 0 Å². The van der Waals surface area contributed by atoms with Gasteiger partial charge in [0.25, 0.3) is 0 Å². The minimum Gasteiger partial charge on any atom is -0.343 e. The minimum absolute atomic E-state index is 0.212. The van der Waals surface area contributed by atoms with Crippen LogP contribution in [0.15, 0.2) is 60.8 Å². The molecule has 0 amide bonds. The van der Waals surface area contributed by atoms with E-state index in [0.717, 1.165) is 17.0 Å². The Bertz CT molecular complexity index is 741. The summed E-state index contributed by atoms with van der Waals surface area (Å²) in [6.45, 7) is 0.212. The molecular formula is C16H12F3N. The molecule has 0 N–H and O–H groups in total. The van der Waals surface area contributed by atoms with E-state index in [2.05, 4.69) is 0 Å². The van der Waals surface area contributed by atoms with Gasteiger partial charge in [-0.2, -0.15) is 13.2 Å². The van der Waals surface area contributed by atoms with Gasteiger partial charge in [0, 0.05) is 18.3 Å². The highest BCUT2D eigenvalue weighted by atomic mass is 19.4. The van der Waals surface area contributed by atoms with Crippen LogP contribution in [0.1, 0.15) is 11.1 Å². The van der Waals surface area contributed by atoms with Crippen molar-refractivity contribution in [3.05, 3.63) is 71.9 Å². The van der Waals surface area contributed by atoms with Crippen LogP contribution in [0.25, 0.3) is 10.9 Å². The lowest BCUT2D eigenvalue weighted by molar-refractivity contribution is -0.138. The van der Waals surface area contributed by atoms with Gasteiger partial charge in [-0.1, -0.05) is 36.4 Å². The van der Waals surface area contributed by atoms with E-state index in [1.165, 1.54) is 12.1 Å². The molecule has 1 heterocycles. The second-order valence-electron chi connectivity index (χ2n) is 4.66. The average Bonchev–Trinajstić information content (AvgIpc) is 2.82. The monoisotopic (exact) mass is 275 g/mol. The van der Waals surface area contributed by atoms with E-state index in [9.17, 15) is 13.2 Å². The summed E-state index contributed by atoms with van der Waals surface area (Å²) < 4.78 is 40.8. The molecule has 3 aromatic rings. The summed E-state index contributed by atoms with van der Waals surface area (Å²) in [5.41, 5.74) is 0.642. The molecule has 4 heteroatoms. The van der Waals surface area contributed by atoms with Gasteiger partial charge in [-0.15, -0.1) is 0 Å². The maximum atomic E-state index is 13.0. The number of hydrogen-bond acceptors (Lipinski definition) is 0. The van der Waals surface area contributed by atoms with Crippen LogP contribution in [-0.2, 0) is 12.7 Å². The topological polar surface area (TPSA) is 4.93 Å². The Hall–Kier alpha value is -2.23. The Morgan fingerprint density at radius 2 is 1.55 bits per heavy atom. The number of nitrogens with zero attached hydrogens (tertiary/aromatic N) is 1. The molecule has 1 aromatic heterocycles. The van der Waals surface area contributed by atoms with Crippen LogP contribution < -0.4 is 0 Å². The predicted octanol–water partition coefficient (Wildman–Crippen LogP) is 4.71. The van der Waals surface area contributed by atoms with Crippen LogP contribution in [0.4, 0.5) is 13.2 Å². The maximum Gasteiger partial charge on any atom is 0.416 e. The molecular weight excluding hydrogens is 263 g/mol. The molecule has 0 aliphatic heterocycles. The Morgan fingerprint density at radius 3 is 2.35 bits per heavy atom. The molecule has 0 saturated carbocycles. The Kier molecular flexibility index (Phi) is 3.01.